The predicted molar refractivity (Wildman–Crippen MR) is 81.9 cm³/mol. The molecule has 0 atom stereocenters. The largest absolute Gasteiger partial charge is 0.444 e. The molecular formula is C15H14BrFN2O3. The fraction of sp³-hybridized carbons (Fsp3) is 0.200. The lowest BCUT2D eigenvalue weighted by atomic mass is 10.1. The second-order valence-corrected chi connectivity index (χ2v) is 5.30. The highest BCUT2D eigenvalue weighted by Gasteiger charge is 2.11. The zero-order chi connectivity index (χ0) is 15.9. The molecule has 0 spiro atoms. The van der Waals surface area contributed by atoms with Crippen LogP contribution in [0.1, 0.15) is 16.1 Å². The average molecular weight is 369 g/mol. The summed E-state index contributed by atoms with van der Waals surface area (Å²) in [6, 6.07) is 9.28. The summed E-state index contributed by atoms with van der Waals surface area (Å²) in [5.41, 5.74) is 0.796. The summed E-state index contributed by atoms with van der Waals surface area (Å²) in [6.45, 7) is 0.213. The number of hydrogen-bond acceptors (Lipinski definition) is 3. The molecule has 0 bridgehead atoms. The minimum absolute atomic E-state index is 0.124. The summed E-state index contributed by atoms with van der Waals surface area (Å²) in [6.07, 6.45) is 0.516. The molecule has 7 heteroatoms. The minimum Gasteiger partial charge on any atom is -0.444 e. The maximum atomic E-state index is 13.0. The molecule has 0 aliphatic carbocycles. The van der Waals surface area contributed by atoms with Gasteiger partial charge in [-0.15, -0.1) is 0 Å². The van der Waals surface area contributed by atoms with Gasteiger partial charge in [0, 0.05) is 6.54 Å². The number of halogens is 2. The van der Waals surface area contributed by atoms with E-state index in [9.17, 15) is 14.0 Å². The number of hydrogen-bond donors (Lipinski definition) is 2. The van der Waals surface area contributed by atoms with Crippen LogP contribution in [0.15, 0.2) is 45.5 Å². The summed E-state index contributed by atoms with van der Waals surface area (Å²) in [5, 5.41) is 5.09. The highest BCUT2D eigenvalue weighted by molar-refractivity contribution is 9.10. The third kappa shape index (κ3) is 5.00. The summed E-state index contributed by atoms with van der Waals surface area (Å²) < 4.78 is 18.5. The van der Waals surface area contributed by atoms with E-state index >= 15 is 0 Å². The van der Waals surface area contributed by atoms with Gasteiger partial charge in [-0.2, -0.15) is 0 Å². The van der Waals surface area contributed by atoms with Crippen molar-refractivity contribution < 1.29 is 18.4 Å². The summed E-state index contributed by atoms with van der Waals surface area (Å²) in [4.78, 5) is 23.2. The Balaban J connectivity index is 1.69. The topological polar surface area (TPSA) is 71.3 Å². The molecule has 0 aliphatic rings. The van der Waals surface area contributed by atoms with Crippen molar-refractivity contribution in [1.29, 1.82) is 0 Å². The first-order valence-electron chi connectivity index (χ1n) is 6.59. The van der Waals surface area contributed by atoms with E-state index in [0.717, 1.165) is 5.56 Å². The maximum absolute atomic E-state index is 13.0. The van der Waals surface area contributed by atoms with Gasteiger partial charge >= 0.3 is 0 Å². The third-order valence-corrected chi connectivity index (χ3v) is 3.26. The third-order valence-electron chi connectivity index (χ3n) is 2.83. The van der Waals surface area contributed by atoms with Gasteiger partial charge in [-0.05, 0) is 52.2 Å². The molecule has 22 heavy (non-hydrogen) atoms. The molecule has 1 aromatic heterocycles. The van der Waals surface area contributed by atoms with Crippen LogP contribution in [0.3, 0.4) is 0 Å². The fourth-order valence-corrected chi connectivity index (χ4v) is 2.09. The van der Waals surface area contributed by atoms with E-state index < -0.39 is 5.91 Å². The van der Waals surface area contributed by atoms with Gasteiger partial charge in [0.15, 0.2) is 10.4 Å². The maximum Gasteiger partial charge on any atom is 0.287 e. The van der Waals surface area contributed by atoms with Crippen LogP contribution in [-0.2, 0) is 11.2 Å². The molecule has 116 valence electrons. The number of carbonyl (C=O) groups excluding carboxylic acids is 2. The lowest BCUT2D eigenvalue weighted by Gasteiger charge is -2.06. The molecule has 1 heterocycles. The van der Waals surface area contributed by atoms with Crippen molar-refractivity contribution in [2.45, 2.75) is 6.42 Å². The van der Waals surface area contributed by atoms with E-state index in [1.165, 1.54) is 18.2 Å². The molecular weight excluding hydrogens is 355 g/mol. The van der Waals surface area contributed by atoms with Crippen LogP contribution in [0, 0.1) is 5.82 Å². The lowest BCUT2D eigenvalue weighted by Crippen LogP contribution is -2.37. The molecule has 0 saturated carbocycles. The standard InChI is InChI=1S/C15H14BrFN2O3/c16-13-5-4-12(22-13)15(21)19-9-14(20)18-7-6-10-2-1-3-11(17)8-10/h1-5,8H,6-7,9H2,(H,18,20)(H,19,21). The number of benzene rings is 1. The Kier molecular flexibility index (Phi) is 5.71. The van der Waals surface area contributed by atoms with E-state index in [-0.39, 0.29) is 24.0 Å². The zero-order valence-corrected chi connectivity index (χ0v) is 13.2. The summed E-state index contributed by atoms with van der Waals surface area (Å²) in [7, 11) is 0. The smallest absolute Gasteiger partial charge is 0.287 e. The van der Waals surface area contributed by atoms with Crippen LogP contribution in [0.2, 0.25) is 0 Å². The van der Waals surface area contributed by atoms with E-state index in [4.69, 9.17) is 4.42 Å². The summed E-state index contributed by atoms with van der Waals surface area (Å²) in [5.74, 6) is -0.971. The molecule has 1 aromatic carbocycles. The van der Waals surface area contributed by atoms with Crippen molar-refractivity contribution in [3.63, 3.8) is 0 Å². The first-order chi connectivity index (χ1) is 10.5. The van der Waals surface area contributed by atoms with Crippen molar-refractivity contribution in [1.82, 2.24) is 10.6 Å². The van der Waals surface area contributed by atoms with E-state index in [0.29, 0.717) is 17.6 Å². The molecule has 2 amide bonds. The Labute approximate surface area is 135 Å². The first kappa shape index (κ1) is 16.2. The highest BCUT2D eigenvalue weighted by atomic mass is 79.9. The first-order valence-corrected chi connectivity index (χ1v) is 7.38. The number of nitrogens with one attached hydrogen (secondary N) is 2. The van der Waals surface area contributed by atoms with Gasteiger partial charge < -0.3 is 15.1 Å². The second-order valence-electron chi connectivity index (χ2n) is 4.52. The van der Waals surface area contributed by atoms with Crippen LogP contribution in [0.5, 0.6) is 0 Å². The van der Waals surface area contributed by atoms with E-state index in [1.54, 1.807) is 18.2 Å². The fourth-order valence-electron chi connectivity index (χ4n) is 1.79. The lowest BCUT2D eigenvalue weighted by molar-refractivity contribution is -0.120. The van der Waals surface area contributed by atoms with Crippen molar-refractivity contribution in [3.05, 3.63) is 58.2 Å². The van der Waals surface area contributed by atoms with Gasteiger partial charge in [-0.3, -0.25) is 9.59 Å². The van der Waals surface area contributed by atoms with Gasteiger partial charge in [0.05, 0.1) is 6.54 Å². The average Bonchev–Trinajstić information content (AvgIpc) is 2.91. The number of carbonyl (C=O) groups is 2. The molecule has 2 aromatic rings. The Hall–Kier alpha value is -2.15. The Morgan fingerprint density at radius 2 is 2.00 bits per heavy atom. The zero-order valence-electron chi connectivity index (χ0n) is 11.6. The van der Waals surface area contributed by atoms with Crippen LogP contribution in [0.4, 0.5) is 4.39 Å². The van der Waals surface area contributed by atoms with Crippen molar-refractivity contribution in [2.24, 2.45) is 0 Å². The molecule has 0 unspecified atom stereocenters. The van der Waals surface area contributed by atoms with Crippen LogP contribution in [-0.4, -0.2) is 24.9 Å². The monoisotopic (exact) mass is 368 g/mol. The van der Waals surface area contributed by atoms with Gasteiger partial charge in [0.25, 0.3) is 5.91 Å². The minimum atomic E-state index is -0.467. The summed E-state index contributed by atoms with van der Waals surface area (Å²) >= 11 is 3.09. The Bertz CT molecular complexity index is 672. The Morgan fingerprint density at radius 1 is 1.18 bits per heavy atom. The predicted octanol–water partition coefficient (Wildman–Crippen LogP) is 2.27. The van der Waals surface area contributed by atoms with Gasteiger partial charge in [-0.1, -0.05) is 12.1 Å². The molecule has 0 aliphatic heterocycles. The van der Waals surface area contributed by atoms with Crippen LogP contribution in [0.25, 0.3) is 0 Å². The quantitative estimate of drug-likeness (QED) is 0.821. The molecule has 0 radical (unpaired) electrons. The van der Waals surface area contributed by atoms with Crippen molar-refractivity contribution in [3.8, 4) is 0 Å². The van der Waals surface area contributed by atoms with Gasteiger partial charge in [-0.25, -0.2) is 4.39 Å². The van der Waals surface area contributed by atoms with Crippen LogP contribution < -0.4 is 10.6 Å². The number of amides is 2. The molecule has 0 saturated heterocycles. The molecule has 5 nitrogen and oxygen atoms in total. The van der Waals surface area contributed by atoms with Gasteiger partial charge in [0.2, 0.25) is 5.91 Å². The highest BCUT2D eigenvalue weighted by Crippen LogP contribution is 2.13. The number of rotatable bonds is 6. The van der Waals surface area contributed by atoms with Crippen molar-refractivity contribution >= 4 is 27.7 Å². The van der Waals surface area contributed by atoms with Gasteiger partial charge in [0.1, 0.15) is 5.82 Å². The SMILES string of the molecule is O=C(CNC(=O)c1ccc(Br)o1)NCCc1cccc(F)c1. The van der Waals surface area contributed by atoms with E-state index in [2.05, 4.69) is 26.6 Å². The molecule has 0 fully saturated rings. The van der Waals surface area contributed by atoms with E-state index in [1.807, 2.05) is 0 Å². The normalized spacial score (nSPS) is 10.3. The Morgan fingerprint density at radius 3 is 2.68 bits per heavy atom. The second kappa shape index (κ2) is 7.74. The molecule has 2 N–H and O–H groups in total. The van der Waals surface area contributed by atoms with Crippen LogP contribution >= 0.6 is 15.9 Å². The van der Waals surface area contributed by atoms with Crippen molar-refractivity contribution in [2.75, 3.05) is 13.1 Å². The number of furan rings is 1. The molecule has 2 rings (SSSR count).